The first kappa shape index (κ1) is 23.3. The molecule has 1 aliphatic heterocycles. The maximum absolute atomic E-state index is 13.1. The highest BCUT2D eigenvalue weighted by atomic mass is 35.5. The number of nitrogens with zero attached hydrogens (tertiary/aromatic N) is 1. The first-order valence-electron chi connectivity index (χ1n) is 11.0. The molecule has 0 fully saturated rings. The van der Waals surface area contributed by atoms with Gasteiger partial charge in [0.2, 0.25) is 11.8 Å². The number of ether oxygens (including phenoxy) is 1. The topological polar surface area (TPSA) is 99.1 Å². The Kier molecular flexibility index (Phi) is 7.02. The molecule has 1 aliphatic carbocycles. The standard InChI is InChI=1S/C25H27ClN2O5/c1-2-21(30)28(14-15-7-9-16(26)10-8-15)19-13-18(25(32)27-11-12-29)22-17-5-3-4-6-20(17)33-24(22)23(19)31/h3-10,13,19,22-24,29,31H,2,11-12,14H2,1H3,(H,27,32)/t19-,22+,23+,24+/m1/s1. The molecule has 1 heterocycles. The van der Waals surface area contributed by atoms with Gasteiger partial charge < -0.3 is 25.2 Å². The van der Waals surface area contributed by atoms with E-state index in [1.54, 1.807) is 36.1 Å². The number of aliphatic hydroxyl groups is 2. The van der Waals surface area contributed by atoms with Crippen LogP contribution in [0.5, 0.6) is 5.75 Å². The fraction of sp³-hybridized carbons (Fsp3) is 0.360. The number of fused-ring (bicyclic) bond motifs is 3. The molecule has 2 amide bonds. The molecule has 0 radical (unpaired) electrons. The highest BCUT2D eigenvalue weighted by Gasteiger charge is 2.50. The quantitative estimate of drug-likeness (QED) is 0.577. The Morgan fingerprint density at radius 1 is 1.15 bits per heavy atom. The number of aliphatic hydroxyl groups excluding tert-OH is 2. The minimum absolute atomic E-state index is 0.103. The Morgan fingerprint density at radius 2 is 1.88 bits per heavy atom. The van der Waals surface area contributed by atoms with Crippen molar-refractivity contribution in [1.82, 2.24) is 10.2 Å². The van der Waals surface area contributed by atoms with E-state index in [-0.39, 0.29) is 37.9 Å². The van der Waals surface area contributed by atoms with Crippen LogP contribution in [-0.2, 0) is 16.1 Å². The maximum Gasteiger partial charge on any atom is 0.247 e. The molecular formula is C25H27ClN2O5. The first-order valence-corrected chi connectivity index (χ1v) is 11.4. The Bertz CT molecular complexity index is 1060. The molecule has 0 saturated heterocycles. The van der Waals surface area contributed by atoms with Crippen molar-refractivity contribution in [3.8, 4) is 5.75 Å². The lowest BCUT2D eigenvalue weighted by Gasteiger charge is -2.40. The number of carbonyl (C=O) groups excluding carboxylic acids is 2. The predicted octanol–water partition coefficient (Wildman–Crippen LogP) is 2.40. The van der Waals surface area contributed by atoms with E-state index in [1.165, 1.54) is 0 Å². The minimum atomic E-state index is -1.04. The van der Waals surface area contributed by atoms with Crippen molar-refractivity contribution in [3.05, 3.63) is 76.3 Å². The van der Waals surface area contributed by atoms with Gasteiger partial charge in [-0.1, -0.05) is 48.9 Å². The van der Waals surface area contributed by atoms with Gasteiger partial charge in [-0.3, -0.25) is 9.59 Å². The fourth-order valence-electron chi connectivity index (χ4n) is 4.54. The second-order valence-electron chi connectivity index (χ2n) is 8.18. The molecule has 0 spiro atoms. The third kappa shape index (κ3) is 4.62. The Morgan fingerprint density at radius 3 is 2.58 bits per heavy atom. The lowest BCUT2D eigenvalue weighted by Crippen LogP contribution is -2.55. The van der Waals surface area contributed by atoms with E-state index in [4.69, 9.17) is 21.4 Å². The van der Waals surface area contributed by atoms with Crippen molar-refractivity contribution >= 4 is 23.4 Å². The molecule has 0 aromatic heterocycles. The summed E-state index contributed by atoms with van der Waals surface area (Å²) in [5.74, 6) is -0.375. The third-order valence-electron chi connectivity index (χ3n) is 6.13. The van der Waals surface area contributed by atoms with Gasteiger partial charge in [0.15, 0.2) is 0 Å². The normalized spacial score (nSPS) is 23.1. The number of hydrogen-bond donors (Lipinski definition) is 3. The molecule has 0 bridgehead atoms. The summed E-state index contributed by atoms with van der Waals surface area (Å²) >= 11 is 6.00. The second kappa shape index (κ2) is 9.95. The number of para-hydroxylation sites is 1. The zero-order valence-corrected chi connectivity index (χ0v) is 19.0. The second-order valence-corrected chi connectivity index (χ2v) is 8.62. The Balaban J connectivity index is 1.74. The van der Waals surface area contributed by atoms with Crippen LogP contribution in [0.2, 0.25) is 5.02 Å². The smallest absolute Gasteiger partial charge is 0.247 e. The highest BCUT2D eigenvalue weighted by molar-refractivity contribution is 6.30. The molecule has 174 valence electrons. The van der Waals surface area contributed by atoms with Crippen molar-refractivity contribution in [2.75, 3.05) is 13.2 Å². The zero-order valence-electron chi connectivity index (χ0n) is 18.3. The van der Waals surface area contributed by atoms with E-state index in [1.807, 2.05) is 30.3 Å². The van der Waals surface area contributed by atoms with Gasteiger partial charge in [0.05, 0.1) is 18.6 Å². The molecule has 8 heteroatoms. The molecule has 2 aliphatic rings. The van der Waals surface area contributed by atoms with E-state index in [9.17, 15) is 14.7 Å². The van der Waals surface area contributed by atoms with Crippen LogP contribution in [0.4, 0.5) is 0 Å². The van der Waals surface area contributed by atoms with Crippen molar-refractivity contribution in [3.63, 3.8) is 0 Å². The van der Waals surface area contributed by atoms with Gasteiger partial charge in [0.25, 0.3) is 0 Å². The molecule has 2 aromatic rings. The summed E-state index contributed by atoms with van der Waals surface area (Å²) in [4.78, 5) is 27.6. The molecule has 33 heavy (non-hydrogen) atoms. The van der Waals surface area contributed by atoms with Crippen LogP contribution in [-0.4, -0.2) is 58.3 Å². The molecule has 4 rings (SSSR count). The summed E-state index contributed by atoms with van der Waals surface area (Å²) in [6.45, 7) is 1.92. The van der Waals surface area contributed by atoms with Crippen LogP contribution < -0.4 is 10.1 Å². The van der Waals surface area contributed by atoms with E-state index in [0.717, 1.165) is 11.1 Å². The maximum atomic E-state index is 13.1. The summed E-state index contributed by atoms with van der Waals surface area (Å²) in [5.41, 5.74) is 2.08. The molecule has 3 N–H and O–H groups in total. The SMILES string of the molecule is CCC(=O)N(Cc1ccc(Cl)cc1)[C@@H]1C=C(C(=O)NCCO)[C@@H]2c3ccccc3O[C@@H]2[C@H]1O. The van der Waals surface area contributed by atoms with Crippen LogP contribution in [0.1, 0.15) is 30.4 Å². The number of rotatable bonds is 7. The predicted molar refractivity (Wildman–Crippen MR) is 124 cm³/mol. The molecule has 0 saturated carbocycles. The largest absolute Gasteiger partial charge is 0.486 e. The highest BCUT2D eigenvalue weighted by Crippen LogP contribution is 2.47. The monoisotopic (exact) mass is 470 g/mol. The van der Waals surface area contributed by atoms with Crippen molar-refractivity contribution in [1.29, 1.82) is 0 Å². The van der Waals surface area contributed by atoms with Gasteiger partial charge in [0, 0.05) is 35.7 Å². The molecule has 4 atom stereocenters. The van der Waals surface area contributed by atoms with Crippen molar-refractivity contribution < 1.29 is 24.5 Å². The number of halogens is 1. The molecular weight excluding hydrogens is 444 g/mol. The summed E-state index contributed by atoms with van der Waals surface area (Å²) in [7, 11) is 0. The van der Waals surface area contributed by atoms with Gasteiger partial charge >= 0.3 is 0 Å². The number of hydrogen-bond acceptors (Lipinski definition) is 5. The summed E-state index contributed by atoms with van der Waals surface area (Å²) < 4.78 is 6.09. The van der Waals surface area contributed by atoms with Gasteiger partial charge in [-0.15, -0.1) is 0 Å². The number of benzene rings is 2. The molecule has 0 unspecified atom stereocenters. The van der Waals surface area contributed by atoms with E-state index < -0.39 is 24.2 Å². The zero-order chi connectivity index (χ0) is 23.5. The summed E-state index contributed by atoms with van der Waals surface area (Å²) in [6.07, 6.45) is 0.156. The van der Waals surface area contributed by atoms with Gasteiger partial charge in [-0.25, -0.2) is 0 Å². The van der Waals surface area contributed by atoms with Crippen LogP contribution in [0.3, 0.4) is 0 Å². The van der Waals surface area contributed by atoms with E-state index >= 15 is 0 Å². The fourth-order valence-corrected chi connectivity index (χ4v) is 4.67. The lowest BCUT2D eigenvalue weighted by molar-refractivity contribution is -0.137. The van der Waals surface area contributed by atoms with Crippen LogP contribution >= 0.6 is 11.6 Å². The summed E-state index contributed by atoms with van der Waals surface area (Å²) in [5, 5.41) is 23.8. The average molecular weight is 471 g/mol. The van der Waals surface area contributed by atoms with Crippen molar-refractivity contribution in [2.45, 2.75) is 44.1 Å². The number of amides is 2. The van der Waals surface area contributed by atoms with Gasteiger partial charge in [0.1, 0.15) is 18.0 Å². The average Bonchev–Trinajstić information content (AvgIpc) is 3.22. The Labute approximate surface area is 197 Å². The van der Waals surface area contributed by atoms with Crippen LogP contribution in [0.25, 0.3) is 0 Å². The van der Waals surface area contributed by atoms with Crippen LogP contribution in [0.15, 0.2) is 60.2 Å². The lowest BCUT2D eigenvalue weighted by atomic mass is 9.77. The van der Waals surface area contributed by atoms with E-state index in [2.05, 4.69) is 5.32 Å². The molecule has 2 aromatic carbocycles. The van der Waals surface area contributed by atoms with Crippen molar-refractivity contribution in [2.24, 2.45) is 0 Å². The Hall–Kier alpha value is -2.87. The number of carbonyl (C=O) groups is 2. The third-order valence-corrected chi connectivity index (χ3v) is 6.38. The molecule has 7 nitrogen and oxygen atoms in total. The summed E-state index contributed by atoms with van der Waals surface area (Å²) in [6, 6.07) is 13.8. The van der Waals surface area contributed by atoms with Gasteiger partial charge in [-0.2, -0.15) is 0 Å². The van der Waals surface area contributed by atoms with Gasteiger partial charge in [-0.05, 0) is 29.8 Å². The van der Waals surface area contributed by atoms with E-state index in [0.29, 0.717) is 16.3 Å². The van der Waals surface area contributed by atoms with Crippen LogP contribution in [0, 0.1) is 0 Å². The number of nitrogens with one attached hydrogen (secondary N) is 1. The first-order chi connectivity index (χ1) is 15.9. The minimum Gasteiger partial charge on any atom is -0.486 e.